The minimum absolute atomic E-state index is 0.140. The topological polar surface area (TPSA) is 29.5 Å². The zero-order valence-corrected chi connectivity index (χ0v) is 16.7. The minimum atomic E-state index is -0.140. The maximum atomic E-state index is 13.0. The van der Waals surface area contributed by atoms with Crippen LogP contribution in [0.5, 0.6) is 0 Å². The van der Waals surface area contributed by atoms with Crippen LogP contribution >= 0.6 is 35.6 Å². The number of carbonyl (C=O) groups excluding carboxylic acids is 1. The monoisotopic (exact) mass is 403 g/mol. The fraction of sp³-hybridized carbons (Fsp3) is 0.200. The molecule has 0 aromatic heterocycles. The van der Waals surface area contributed by atoms with Crippen LogP contribution in [0.25, 0.3) is 0 Å². The second-order valence-electron chi connectivity index (χ2n) is 5.66. The van der Waals surface area contributed by atoms with Crippen LogP contribution < -0.4 is 4.90 Å². The highest BCUT2D eigenvalue weighted by molar-refractivity contribution is 8.27. The third-order valence-electron chi connectivity index (χ3n) is 3.91. The molecular formula is C20H18ClNO2S2. The van der Waals surface area contributed by atoms with Crippen molar-refractivity contribution in [2.45, 2.75) is 19.8 Å². The number of benzene rings is 2. The summed E-state index contributed by atoms with van der Waals surface area (Å²) in [5, 5.41) is 0.618. The van der Waals surface area contributed by atoms with E-state index in [9.17, 15) is 4.79 Å². The average molecular weight is 404 g/mol. The van der Waals surface area contributed by atoms with Crippen molar-refractivity contribution in [3.8, 4) is 0 Å². The van der Waals surface area contributed by atoms with Crippen LogP contribution in [0.2, 0.25) is 5.02 Å². The SMILES string of the molecule is CCOC(CCc1ccccc1)=C1SC(=S)N(c2ccc(Cl)cc2)C1=O. The third kappa shape index (κ3) is 4.29. The van der Waals surface area contributed by atoms with Crippen molar-refractivity contribution in [1.29, 1.82) is 0 Å². The van der Waals surface area contributed by atoms with E-state index in [2.05, 4.69) is 12.1 Å². The van der Waals surface area contributed by atoms with Gasteiger partial charge in [-0.15, -0.1) is 0 Å². The lowest BCUT2D eigenvalue weighted by molar-refractivity contribution is -0.113. The number of aryl methyl sites for hydroxylation is 1. The number of rotatable bonds is 6. The average Bonchev–Trinajstić information content (AvgIpc) is 2.95. The van der Waals surface area contributed by atoms with Gasteiger partial charge in [-0.3, -0.25) is 9.69 Å². The molecule has 0 atom stereocenters. The van der Waals surface area contributed by atoms with E-state index in [1.807, 2.05) is 25.1 Å². The maximum absolute atomic E-state index is 13.0. The molecule has 0 N–H and O–H groups in total. The van der Waals surface area contributed by atoms with Crippen molar-refractivity contribution in [1.82, 2.24) is 0 Å². The highest BCUT2D eigenvalue weighted by Gasteiger charge is 2.36. The summed E-state index contributed by atoms with van der Waals surface area (Å²) in [5.74, 6) is 0.559. The van der Waals surface area contributed by atoms with E-state index in [0.29, 0.717) is 38.7 Å². The molecule has 6 heteroatoms. The van der Waals surface area contributed by atoms with Crippen molar-refractivity contribution in [3.63, 3.8) is 0 Å². The first-order chi connectivity index (χ1) is 12.6. The summed E-state index contributed by atoms with van der Waals surface area (Å²) < 4.78 is 6.30. The lowest BCUT2D eigenvalue weighted by Crippen LogP contribution is -2.27. The van der Waals surface area contributed by atoms with E-state index >= 15 is 0 Å². The van der Waals surface area contributed by atoms with E-state index in [4.69, 9.17) is 28.6 Å². The standard InChI is InChI=1S/C20H18ClNO2S2/c1-2-24-17(13-8-14-6-4-3-5-7-14)18-19(23)22(20(25)26-18)16-11-9-15(21)10-12-16/h3-7,9-12H,2,8,13H2,1H3. The number of halogens is 1. The lowest BCUT2D eigenvalue weighted by Gasteiger charge is -2.15. The van der Waals surface area contributed by atoms with Crippen LogP contribution in [0.4, 0.5) is 5.69 Å². The quantitative estimate of drug-likeness (QED) is 0.357. The first-order valence-electron chi connectivity index (χ1n) is 8.32. The molecule has 0 radical (unpaired) electrons. The molecule has 2 aromatic rings. The summed E-state index contributed by atoms with van der Waals surface area (Å²) in [6, 6.07) is 17.2. The third-order valence-corrected chi connectivity index (χ3v) is 5.56. The van der Waals surface area contributed by atoms with Gasteiger partial charge in [-0.25, -0.2) is 0 Å². The van der Waals surface area contributed by atoms with Gasteiger partial charge >= 0.3 is 0 Å². The number of hydrogen-bond acceptors (Lipinski definition) is 4. The van der Waals surface area contributed by atoms with Crippen molar-refractivity contribution in [2.75, 3.05) is 11.5 Å². The van der Waals surface area contributed by atoms with E-state index < -0.39 is 0 Å². The summed E-state index contributed by atoms with van der Waals surface area (Å²) in [5.41, 5.74) is 1.92. The Morgan fingerprint density at radius 3 is 2.50 bits per heavy atom. The van der Waals surface area contributed by atoms with Gasteiger partial charge in [0.2, 0.25) is 0 Å². The highest BCUT2D eigenvalue weighted by atomic mass is 35.5. The fourth-order valence-corrected chi connectivity index (χ4v) is 4.15. The Labute approximate surface area is 168 Å². The van der Waals surface area contributed by atoms with Crippen LogP contribution in [0.15, 0.2) is 65.3 Å². The summed E-state index contributed by atoms with van der Waals surface area (Å²) in [7, 11) is 0. The normalized spacial score (nSPS) is 16.2. The zero-order chi connectivity index (χ0) is 18.5. The summed E-state index contributed by atoms with van der Waals surface area (Å²) in [6.07, 6.45) is 1.46. The van der Waals surface area contributed by atoms with Crippen LogP contribution in [0.1, 0.15) is 18.9 Å². The smallest absolute Gasteiger partial charge is 0.274 e. The van der Waals surface area contributed by atoms with Gasteiger partial charge in [0, 0.05) is 11.4 Å². The highest BCUT2D eigenvalue weighted by Crippen LogP contribution is 2.38. The first kappa shape index (κ1) is 19.0. The molecule has 0 bridgehead atoms. The van der Waals surface area contributed by atoms with E-state index in [1.54, 1.807) is 24.3 Å². The predicted octanol–water partition coefficient (Wildman–Crippen LogP) is 5.59. The molecule has 3 nitrogen and oxygen atoms in total. The van der Waals surface area contributed by atoms with Crippen LogP contribution in [-0.2, 0) is 16.0 Å². The Morgan fingerprint density at radius 1 is 1.15 bits per heavy atom. The molecule has 1 aliphatic heterocycles. The van der Waals surface area contributed by atoms with Crippen molar-refractivity contribution >= 4 is 51.5 Å². The second kappa shape index (κ2) is 8.71. The maximum Gasteiger partial charge on any atom is 0.274 e. The molecule has 1 saturated heterocycles. The predicted molar refractivity (Wildman–Crippen MR) is 113 cm³/mol. The van der Waals surface area contributed by atoms with Gasteiger partial charge in [0.1, 0.15) is 10.7 Å². The van der Waals surface area contributed by atoms with Crippen LogP contribution in [0, 0.1) is 0 Å². The number of amides is 1. The molecule has 26 heavy (non-hydrogen) atoms. The van der Waals surface area contributed by atoms with Gasteiger partial charge in [-0.1, -0.05) is 65.9 Å². The van der Waals surface area contributed by atoms with Gasteiger partial charge in [-0.05, 0) is 43.2 Å². The second-order valence-corrected chi connectivity index (χ2v) is 7.74. The van der Waals surface area contributed by atoms with Gasteiger partial charge in [0.05, 0.1) is 12.3 Å². The van der Waals surface area contributed by atoms with Crippen molar-refractivity contribution in [2.24, 2.45) is 0 Å². The number of hydrogen-bond donors (Lipinski definition) is 0. The molecule has 0 spiro atoms. The van der Waals surface area contributed by atoms with Gasteiger partial charge in [0.15, 0.2) is 4.32 Å². The Morgan fingerprint density at radius 2 is 1.85 bits per heavy atom. The van der Waals surface area contributed by atoms with Crippen molar-refractivity contribution in [3.05, 3.63) is 75.8 Å². The number of carbonyl (C=O) groups is 1. The molecule has 1 heterocycles. The Kier molecular flexibility index (Phi) is 6.35. The van der Waals surface area contributed by atoms with Crippen LogP contribution in [-0.4, -0.2) is 16.8 Å². The zero-order valence-electron chi connectivity index (χ0n) is 14.3. The summed E-state index contributed by atoms with van der Waals surface area (Å²) in [6.45, 7) is 2.43. The van der Waals surface area contributed by atoms with Gasteiger partial charge in [0.25, 0.3) is 5.91 Å². The molecule has 0 saturated carbocycles. The molecule has 3 rings (SSSR count). The number of nitrogens with zero attached hydrogens (tertiary/aromatic N) is 1. The number of thiocarbonyl (C=S) groups is 1. The Bertz CT molecular complexity index is 835. The molecule has 2 aromatic carbocycles. The van der Waals surface area contributed by atoms with E-state index in [1.165, 1.54) is 22.2 Å². The Balaban J connectivity index is 1.85. The molecule has 134 valence electrons. The molecular weight excluding hydrogens is 386 g/mol. The largest absolute Gasteiger partial charge is 0.497 e. The molecule has 0 aliphatic carbocycles. The molecule has 0 unspecified atom stereocenters. The minimum Gasteiger partial charge on any atom is -0.497 e. The van der Waals surface area contributed by atoms with Crippen molar-refractivity contribution < 1.29 is 9.53 Å². The van der Waals surface area contributed by atoms with E-state index in [-0.39, 0.29) is 5.91 Å². The molecule has 1 amide bonds. The number of thioether (sulfide) groups is 1. The first-order valence-corrected chi connectivity index (χ1v) is 9.92. The molecule has 1 aliphatic rings. The summed E-state index contributed by atoms with van der Waals surface area (Å²) >= 11 is 12.7. The van der Waals surface area contributed by atoms with Gasteiger partial charge in [-0.2, -0.15) is 0 Å². The van der Waals surface area contributed by atoms with E-state index in [0.717, 1.165) is 6.42 Å². The lowest BCUT2D eigenvalue weighted by atomic mass is 10.1. The van der Waals surface area contributed by atoms with Gasteiger partial charge < -0.3 is 4.74 Å². The number of anilines is 1. The van der Waals surface area contributed by atoms with Crippen LogP contribution in [0.3, 0.4) is 0 Å². The Hall–Kier alpha value is -1.82. The number of ether oxygens (including phenoxy) is 1. The number of allylic oxidation sites excluding steroid dienone is 1. The summed E-state index contributed by atoms with van der Waals surface area (Å²) in [4.78, 5) is 15.1. The molecule has 1 fully saturated rings. The fourth-order valence-electron chi connectivity index (χ4n) is 2.68.